The maximum absolute atomic E-state index is 14.0. The number of sulfonamides is 1. The number of hydrogen-bond acceptors (Lipinski definition) is 4. The minimum atomic E-state index is -3.56. The van der Waals surface area contributed by atoms with Gasteiger partial charge in [0.15, 0.2) is 0 Å². The molecule has 1 atom stereocenters. The van der Waals surface area contributed by atoms with E-state index >= 15 is 0 Å². The van der Waals surface area contributed by atoms with Gasteiger partial charge in [0.05, 0.1) is 4.90 Å². The number of rotatable bonds is 13. The molecule has 2 N–H and O–H groups in total. The number of halogens is 2. The highest BCUT2D eigenvalue weighted by Gasteiger charge is 2.32. The Kier molecular flexibility index (Phi) is 10.4. The van der Waals surface area contributed by atoms with Crippen molar-refractivity contribution < 1.29 is 18.0 Å². The molecule has 4 aromatic rings. The number of carbonyl (C=O) groups excluding carboxylic acids is 2. The summed E-state index contributed by atoms with van der Waals surface area (Å²) in [4.78, 5) is 29.6. The van der Waals surface area contributed by atoms with E-state index < -0.39 is 16.1 Å². The van der Waals surface area contributed by atoms with Crippen LogP contribution in [0.4, 0.5) is 0 Å². The smallest absolute Gasteiger partial charge is 0.247 e. The highest BCUT2D eigenvalue weighted by Crippen LogP contribution is 2.27. The summed E-state index contributed by atoms with van der Waals surface area (Å²) >= 11 is 12.4. The van der Waals surface area contributed by atoms with Crippen molar-refractivity contribution in [3.8, 4) is 0 Å². The van der Waals surface area contributed by atoms with Gasteiger partial charge in [-0.05, 0) is 65.8 Å². The second kappa shape index (κ2) is 14.4. The van der Waals surface area contributed by atoms with Crippen molar-refractivity contribution in [2.24, 2.45) is 0 Å². The molecule has 10 heteroatoms. The van der Waals surface area contributed by atoms with E-state index in [-0.39, 0.29) is 42.3 Å². The van der Waals surface area contributed by atoms with Gasteiger partial charge in [0.1, 0.15) is 6.04 Å². The minimum Gasteiger partial charge on any atom is -0.350 e. The molecule has 5 rings (SSSR count). The van der Waals surface area contributed by atoms with E-state index in [1.165, 1.54) is 0 Å². The third-order valence-electron chi connectivity index (χ3n) is 7.42. The molecule has 4 aromatic carbocycles. The fourth-order valence-corrected chi connectivity index (χ4v) is 6.65. The van der Waals surface area contributed by atoms with Crippen LogP contribution in [0.25, 0.3) is 0 Å². The predicted molar refractivity (Wildman–Crippen MR) is 173 cm³/mol. The first kappa shape index (κ1) is 31.7. The van der Waals surface area contributed by atoms with Crippen LogP contribution in [0.15, 0.2) is 108 Å². The van der Waals surface area contributed by atoms with Crippen molar-refractivity contribution in [2.75, 3.05) is 0 Å². The average Bonchev–Trinajstić information content (AvgIpc) is 3.84. The summed E-state index contributed by atoms with van der Waals surface area (Å²) in [5.41, 5.74) is 3.08. The summed E-state index contributed by atoms with van der Waals surface area (Å²) in [6.07, 6.45) is 2.22. The lowest BCUT2D eigenvalue weighted by Crippen LogP contribution is -2.43. The van der Waals surface area contributed by atoms with E-state index in [1.807, 2.05) is 60.7 Å². The highest BCUT2D eigenvalue weighted by atomic mass is 35.5. The van der Waals surface area contributed by atoms with Crippen molar-refractivity contribution in [3.63, 3.8) is 0 Å². The zero-order chi connectivity index (χ0) is 31.1. The topological polar surface area (TPSA) is 95.6 Å². The second-order valence-electron chi connectivity index (χ2n) is 10.8. The molecule has 7 nitrogen and oxygen atoms in total. The minimum absolute atomic E-state index is 0.0193. The van der Waals surface area contributed by atoms with E-state index in [0.29, 0.717) is 27.6 Å². The van der Waals surface area contributed by atoms with Crippen molar-refractivity contribution >= 4 is 45.0 Å². The molecule has 44 heavy (non-hydrogen) atoms. The molecular weight excluding hydrogens is 617 g/mol. The fourth-order valence-electron chi connectivity index (χ4n) is 4.87. The van der Waals surface area contributed by atoms with Crippen LogP contribution in [0.2, 0.25) is 10.0 Å². The van der Waals surface area contributed by atoms with Gasteiger partial charge in [-0.3, -0.25) is 9.59 Å². The zero-order valence-electron chi connectivity index (χ0n) is 24.0. The van der Waals surface area contributed by atoms with Crippen LogP contribution in [-0.4, -0.2) is 31.2 Å². The highest BCUT2D eigenvalue weighted by molar-refractivity contribution is 7.89. The number of hydrogen-bond donors (Lipinski definition) is 2. The number of benzene rings is 4. The summed E-state index contributed by atoms with van der Waals surface area (Å²) < 4.78 is 27.8. The normalized spacial score (nSPS) is 13.7. The molecule has 0 bridgehead atoms. The first-order chi connectivity index (χ1) is 21.2. The third-order valence-corrected chi connectivity index (χ3v) is 9.54. The van der Waals surface area contributed by atoms with Crippen LogP contribution >= 0.6 is 23.2 Å². The molecule has 0 aromatic heterocycles. The molecule has 0 spiro atoms. The fraction of sp³-hybridized carbons (Fsp3) is 0.235. The Morgan fingerprint density at radius 1 is 0.841 bits per heavy atom. The summed E-state index contributed by atoms with van der Waals surface area (Å²) in [7, 11) is -3.56. The van der Waals surface area contributed by atoms with Gasteiger partial charge in [0, 0.05) is 35.6 Å². The third kappa shape index (κ3) is 8.48. The molecular formula is C34H33Cl2N3O4S. The van der Waals surface area contributed by atoms with Gasteiger partial charge >= 0.3 is 0 Å². The van der Waals surface area contributed by atoms with Crippen LogP contribution in [0.3, 0.4) is 0 Å². The van der Waals surface area contributed by atoms with Crippen LogP contribution in [0, 0.1) is 0 Å². The van der Waals surface area contributed by atoms with Gasteiger partial charge in [-0.2, -0.15) is 0 Å². The van der Waals surface area contributed by atoms with Gasteiger partial charge < -0.3 is 10.2 Å². The first-order valence-electron chi connectivity index (χ1n) is 14.4. The number of carbonyl (C=O) groups is 2. The lowest BCUT2D eigenvalue weighted by Gasteiger charge is -2.32. The number of nitrogens with zero attached hydrogens (tertiary/aromatic N) is 1. The molecule has 0 radical (unpaired) electrons. The number of nitrogens with one attached hydrogen (secondary N) is 2. The van der Waals surface area contributed by atoms with Crippen LogP contribution in [0.1, 0.15) is 47.6 Å². The molecule has 2 amide bonds. The quantitative estimate of drug-likeness (QED) is 0.174. The summed E-state index contributed by atoms with van der Waals surface area (Å²) in [6, 6.07) is 29.5. The Labute approximate surface area is 268 Å². The van der Waals surface area contributed by atoms with E-state index in [9.17, 15) is 18.0 Å². The molecule has 0 saturated heterocycles. The first-order valence-corrected chi connectivity index (χ1v) is 16.6. The Morgan fingerprint density at radius 2 is 1.50 bits per heavy atom. The SMILES string of the molecule is O=C(NCc1ccc(Cl)cc1Cl)[C@@H](c1ccccc1)N(Cc1ccccc1)C(=O)CCc1ccc(S(=O)(=O)NC2CC2)cc1. The summed E-state index contributed by atoms with van der Waals surface area (Å²) in [5.74, 6) is -0.557. The molecule has 1 fully saturated rings. The van der Waals surface area contributed by atoms with Crippen LogP contribution in [0.5, 0.6) is 0 Å². The number of amides is 2. The molecule has 0 unspecified atom stereocenters. The van der Waals surface area contributed by atoms with Crippen molar-refractivity contribution in [3.05, 3.63) is 135 Å². The lowest BCUT2D eigenvalue weighted by molar-refractivity contribution is -0.141. The summed E-state index contributed by atoms with van der Waals surface area (Å²) in [6.45, 7) is 0.384. The van der Waals surface area contributed by atoms with Crippen LogP contribution < -0.4 is 10.0 Å². The van der Waals surface area contributed by atoms with E-state index in [1.54, 1.807) is 47.4 Å². The van der Waals surface area contributed by atoms with Gasteiger partial charge in [-0.1, -0.05) is 102 Å². The molecule has 1 saturated carbocycles. The monoisotopic (exact) mass is 649 g/mol. The average molecular weight is 651 g/mol. The van der Waals surface area contributed by atoms with E-state index in [4.69, 9.17) is 23.2 Å². The van der Waals surface area contributed by atoms with Gasteiger partial charge in [-0.15, -0.1) is 0 Å². The van der Waals surface area contributed by atoms with E-state index in [0.717, 1.165) is 24.0 Å². The Morgan fingerprint density at radius 3 is 2.14 bits per heavy atom. The summed E-state index contributed by atoms with van der Waals surface area (Å²) in [5, 5.41) is 3.90. The lowest BCUT2D eigenvalue weighted by atomic mass is 10.0. The van der Waals surface area contributed by atoms with Crippen LogP contribution in [-0.2, 0) is 39.1 Å². The largest absolute Gasteiger partial charge is 0.350 e. The predicted octanol–water partition coefficient (Wildman–Crippen LogP) is 6.45. The zero-order valence-corrected chi connectivity index (χ0v) is 26.3. The Balaban J connectivity index is 1.36. The van der Waals surface area contributed by atoms with Crippen molar-refractivity contribution in [2.45, 2.75) is 55.8 Å². The molecule has 1 aliphatic carbocycles. The maximum atomic E-state index is 14.0. The molecule has 1 aliphatic rings. The van der Waals surface area contributed by atoms with Crippen molar-refractivity contribution in [1.29, 1.82) is 0 Å². The van der Waals surface area contributed by atoms with Gasteiger partial charge in [0.2, 0.25) is 21.8 Å². The Bertz CT molecular complexity index is 1700. The Hall–Kier alpha value is -3.69. The molecule has 228 valence electrons. The maximum Gasteiger partial charge on any atom is 0.247 e. The second-order valence-corrected chi connectivity index (χ2v) is 13.4. The molecule has 0 aliphatic heterocycles. The van der Waals surface area contributed by atoms with Gasteiger partial charge in [0.25, 0.3) is 0 Å². The van der Waals surface area contributed by atoms with Gasteiger partial charge in [-0.25, -0.2) is 13.1 Å². The molecule has 0 heterocycles. The number of aryl methyl sites for hydroxylation is 1. The van der Waals surface area contributed by atoms with Crippen molar-refractivity contribution in [1.82, 2.24) is 14.9 Å². The standard InChI is InChI=1S/C34H33Cl2N3O4S/c35-28-15-14-27(31(36)21-28)22-37-34(41)33(26-9-5-2-6-10-26)39(23-25-7-3-1-4-8-25)32(40)20-13-24-11-18-30(19-12-24)44(42,43)38-29-16-17-29/h1-12,14-15,18-19,21,29,33,38H,13,16-17,20,22-23H2,(H,37,41)/t33-/m1/s1. The van der Waals surface area contributed by atoms with E-state index in [2.05, 4.69) is 10.0 Å².